The molecule has 0 spiro atoms. The Morgan fingerprint density at radius 3 is 2.20 bits per heavy atom. The first-order valence-corrected chi connectivity index (χ1v) is 6.34. The molecule has 0 aromatic heterocycles. The Labute approximate surface area is 94.1 Å². The highest BCUT2D eigenvalue weighted by Crippen LogP contribution is 2.19. The summed E-state index contributed by atoms with van der Waals surface area (Å²) in [4.78, 5) is 11.0. The zero-order chi connectivity index (χ0) is 11.7. The first-order valence-electron chi connectivity index (χ1n) is 6.34. The summed E-state index contributed by atoms with van der Waals surface area (Å²) in [5, 5.41) is 9.02. The van der Waals surface area contributed by atoms with Crippen LogP contribution in [-0.4, -0.2) is 11.1 Å². The lowest BCUT2D eigenvalue weighted by Gasteiger charge is -2.13. The van der Waals surface area contributed by atoms with Crippen LogP contribution in [0.25, 0.3) is 0 Å². The lowest BCUT2D eigenvalue weighted by molar-refractivity contribution is -0.142. The molecule has 0 rings (SSSR count). The third-order valence-corrected chi connectivity index (χ3v) is 3.20. The summed E-state index contributed by atoms with van der Waals surface area (Å²) in [6.45, 7) is 6.54. The summed E-state index contributed by atoms with van der Waals surface area (Å²) in [7, 11) is 0. The first-order chi connectivity index (χ1) is 7.11. The molecule has 0 saturated carbocycles. The van der Waals surface area contributed by atoms with Gasteiger partial charge in [-0.2, -0.15) is 0 Å². The fourth-order valence-corrected chi connectivity index (χ4v) is 1.76. The van der Waals surface area contributed by atoms with Crippen LogP contribution >= 0.6 is 0 Å². The standard InChI is InChI=1S/C13H26O2/c1-4-6-9-12(13(14)15)10-7-8-11(3)5-2/h11-12H,4-10H2,1-3H3,(H,14,15). The molecule has 0 aromatic carbocycles. The van der Waals surface area contributed by atoms with Crippen LogP contribution < -0.4 is 0 Å². The van der Waals surface area contributed by atoms with Crippen LogP contribution in [0.3, 0.4) is 0 Å². The number of aliphatic carboxylic acids is 1. The van der Waals surface area contributed by atoms with Crippen LogP contribution in [0.2, 0.25) is 0 Å². The fourth-order valence-electron chi connectivity index (χ4n) is 1.76. The largest absolute Gasteiger partial charge is 0.481 e. The van der Waals surface area contributed by atoms with Crippen molar-refractivity contribution in [3.8, 4) is 0 Å². The average molecular weight is 214 g/mol. The molecule has 1 N–H and O–H groups in total. The van der Waals surface area contributed by atoms with Gasteiger partial charge in [0.2, 0.25) is 0 Å². The van der Waals surface area contributed by atoms with Crippen molar-refractivity contribution in [3.05, 3.63) is 0 Å². The average Bonchev–Trinajstić information content (AvgIpc) is 2.22. The van der Waals surface area contributed by atoms with E-state index < -0.39 is 5.97 Å². The second kappa shape index (κ2) is 8.75. The van der Waals surface area contributed by atoms with Crippen molar-refractivity contribution >= 4 is 5.97 Å². The summed E-state index contributed by atoms with van der Waals surface area (Å²) in [5.41, 5.74) is 0. The molecule has 2 unspecified atom stereocenters. The van der Waals surface area contributed by atoms with Crippen LogP contribution in [-0.2, 0) is 4.79 Å². The highest BCUT2D eigenvalue weighted by Gasteiger charge is 2.16. The van der Waals surface area contributed by atoms with E-state index in [1.807, 2.05) is 0 Å². The van der Waals surface area contributed by atoms with Crippen molar-refractivity contribution in [2.24, 2.45) is 11.8 Å². The van der Waals surface area contributed by atoms with E-state index in [-0.39, 0.29) is 5.92 Å². The lowest BCUT2D eigenvalue weighted by Crippen LogP contribution is -2.13. The number of carboxylic acid groups (broad SMARTS) is 1. The Kier molecular flexibility index (Phi) is 8.44. The predicted molar refractivity (Wildman–Crippen MR) is 64.0 cm³/mol. The van der Waals surface area contributed by atoms with Crippen LogP contribution in [0.15, 0.2) is 0 Å². The van der Waals surface area contributed by atoms with Crippen LogP contribution in [0.4, 0.5) is 0 Å². The minimum absolute atomic E-state index is 0.103. The Hall–Kier alpha value is -0.530. The van der Waals surface area contributed by atoms with Crippen molar-refractivity contribution in [2.75, 3.05) is 0 Å². The topological polar surface area (TPSA) is 37.3 Å². The highest BCUT2D eigenvalue weighted by atomic mass is 16.4. The second-order valence-corrected chi connectivity index (χ2v) is 4.62. The molecule has 2 atom stereocenters. The van der Waals surface area contributed by atoms with Gasteiger partial charge in [0.1, 0.15) is 0 Å². The SMILES string of the molecule is CCCCC(CCCC(C)CC)C(=O)O. The number of carboxylic acids is 1. The molecule has 0 aliphatic rings. The summed E-state index contributed by atoms with van der Waals surface area (Å²) in [6.07, 6.45) is 7.29. The summed E-state index contributed by atoms with van der Waals surface area (Å²) in [6, 6.07) is 0. The van der Waals surface area contributed by atoms with Gasteiger partial charge in [0.15, 0.2) is 0 Å². The maximum Gasteiger partial charge on any atom is 0.306 e. The van der Waals surface area contributed by atoms with E-state index in [9.17, 15) is 4.79 Å². The second-order valence-electron chi connectivity index (χ2n) is 4.62. The van der Waals surface area contributed by atoms with Gasteiger partial charge < -0.3 is 5.11 Å². The maximum atomic E-state index is 11.0. The molecule has 15 heavy (non-hydrogen) atoms. The van der Waals surface area contributed by atoms with Gasteiger partial charge in [0, 0.05) is 0 Å². The molecule has 0 aliphatic carbocycles. The number of rotatable bonds is 9. The molecule has 0 heterocycles. The molecule has 0 aliphatic heterocycles. The smallest absolute Gasteiger partial charge is 0.306 e. The van der Waals surface area contributed by atoms with E-state index in [4.69, 9.17) is 5.11 Å². The third-order valence-electron chi connectivity index (χ3n) is 3.20. The molecule has 0 amide bonds. The van der Waals surface area contributed by atoms with Gasteiger partial charge in [-0.15, -0.1) is 0 Å². The molecular formula is C13H26O2. The minimum Gasteiger partial charge on any atom is -0.481 e. The van der Waals surface area contributed by atoms with E-state index in [2.05, 4.69) is 20.8 Å². The van der Waals surface area contributed by atoms with Gasteiger partial charge in [0.05, 0.1) is 5.92 Å². The van der Waals surface area contributed by atoms with E-state index >= 15 is 0 Å². The molecule has 2 heteroatoms. The third kappa shape index (κ3) is 7.40. The van der Waals surface area contributed by atoms with Crippen molar-refractivity contribution in [2.45, 2.75) is 65.7 Å². The zero-order valence-corrected chi connectivity index (χ0v) is 10.5. The quantitative estimate of drug-likeness (QED) is 0.627. The fraction of sp³-hybridized carbons (Fsp3) is 0.923. The monoisotopic (exact) mass is 214 g/mol. The van der Waals surface area contributed by atoms with Gasteiger partial charge in [-0.1, -0.05) is 52.9 Å². The molecule has 0 saturated heterocycles. The van der Waals surface area contributed by atoms with E-state index in [0.29, 0.717) is 0 Å². The lowest BCUT2D eigenvalue weighted by atomic mass is 9.93. The van der Waals surface area contributed by atoms with E-state index in [1.54, 1.807) is 0 Å². The summed E-state index contributed by atoms with van der Waals surface area (Å²) >= 11 is 0. The van der Waals surface area contributed by atoms with Crippen molar-refractivity contribution in [3.63, 3.8) is 0 Å². The molecule has 0 aromatic rings. The molecular weight excluding hydrogens is 188 g/mol. The normalized spacial score (nSPS) is 14.9. The summed E-state index contributed by atoms with van der Waals surface area (Å²) < 4.78 is 0. The van der Waals surface area contributed by atoms with Gasteiger partial charge in [-0.05, 0) is 18.8 Å². The number of unbranched alkanes of at least 4 members (excludes halogenated alkanes) is 1. The van der Waals surface area contributed by atoms with Crippen molar-refractivity contribution in [1.82, 2.24) is 0 Å². The molecule has 0 radical (unpaired) electrons. The number of hydrogen-bond acceptors (Lipinski definition) is 1. The van der Waals surface area contributed by atoms with Crippen LogP contribution in [0.1, 0.15) is 65.7 Å². The predicted octanol–water partition coefficient (Wildman–Crippen LogP) is 4.09. The molecule has 0 bridgehead atoms. The minimum atomic E-state index is -0.604. The van der Waals surface area contributed by atoms with Crippen molar-refractivity contribution in [1.29, 1.82) is 0 Å². The maximum absolute atomic E-state index is 11.0. The Bertz CT molecular complexity index is 166. The Balaban J connectivity index is 3.71. The Morgan fingerprint density at radius 2 is 1.73 bits per heavy atom. The molecule has 2 nitrogen and oxygen atoms in total. The Morgan fingerprint density at radius 1 is 1.13 bits per heavy atom. The van der Waals surface area contributed by atoms with Crippen molar-refractivity contribution < 1.29 is 9.90 Å². The zero-order valence-electron chi connectivity index (χ0n) is 10.5. The highest BCUT2D eigenvalue weighted by molar-refractivity contribution is 5.69. The van der Waals surface area contributed by atoms with Gasteiger partial charge in [-0.25, -0.2) is 0 Å². The van der Waals surface area contributed by atoms with Crippen LogP contribution in [0.5, 0.6) is 0 Å². The van der Waals surface area contributed by atoms with Gasteiger partial charge in [-0.3, -0.25) is 4.79 Å². The molecule has 90 valence electrons. The number of carbonyl (C=O) groups is 1. The van der Waals surface area contributed by atoms with Crippen LogP contribution in [0, 0.1) is 11.8 Å². The first kappa shape index (κ1) is 14.5. The van der Waals surface area contributed by atoms with E-state index in [1.165, 1.54) is 12.8 Å². The summed E-state index contributed by atoms with van der Waals surface area (Å²) in [5.74, 6) is 0.0345. The molecule has 0 fully saturated rings. The number of hydrogen-bond donors (Lipinski definition) is 1. The van der Waals surface area contributed by atoms with Gasteiger partial charge in [0.25, 0.3) is 0 Å². The van der Waals surface area contributed by atoms with E-state index in [0.717, 1.165) is 38.0 Å². The van der Waals surface area contributed by atoms with Gasteiger partial charge >= 0.3 is 5.97 Å².